The molecule has 0 fully saturated rings. The second-order valence-electron chi connectivity index (χ2n) is 7.26. The summed E-state index contributed by atoms with van der Waals surface area (Å²) in [7, 11) is 0. The zero-order valence-electron chi connectivity index (χ0n) is 17.1. The van der Waals surface area contributed by atoms with Gasteiger partial charge in [0.05, 0.1) is 24.0 Å². The average molecular weight is 464 g/mol. The molecule has 0 aliphatic carbocycles. The van der Waals surface area contributed by atoms with Crippen LogP contribution in [-0.2, 0) is 13.2 Å². The number of hydrogen-bond donors (Lipinski definition) is 0. The third-order valence-corrected chi connectivity index (χ3v) is 7.18. The van der Waals surface area contributed by atoms with Gasteiger partial charge in [-0.15, -0.1) is 22.7 Å². The first-order valence-corrected chi connectivity index (χ1v) is 11.6. The smallest absolute Gasteiger partial charge is 0.262 e. The molecule has 5 rings (SSSR count). The molecule has 0 amide bonds. The molecule has 3 aromatic heterocycles. The van der Waals surface area contributed by atoms with E-state index < -0.39 is 0 Å². The standard InChI is InChI=1S/C24H18FN3O2S2/c1-15-21-23(32-22(15)16-5-3-2-4-6-16)26-14-28(24(21)29)11-18-13-31-20(27-18)12-30-19-9-7-17(25)8-10-19/h2-10,13-14H,11-12H2,1H3. The molecule has 0 unspecified atom stereocenters. The van der Waals surface area contributed by atoms with E-state index in [0.717, 1.165) is 31.5 Å². The van der Waals surface area contributed by atoms with Crippen molar-refractivity contribution < 1.29 is 9.13 Å². The largest absolute Gasteiger partial charge is 0.486 e. The van der Waals surface area contributed by atoms with Crippen LogP contribution in [0.4, 0.5) is 4.39 Å². The molecule has 0 spiro atoms. The van der Waals surface area contributed by atoms with Crippen LogP contribution in [0.2, 0.25) is 0 Å². The lowest BCUT2D eigenvalue weighted by Gasteiger charge is -2.04. The van der Waals surface area contributed by atoms with Crippen LogP contribution in [0.15, 0.2) is 71.1 Å². The van der Waals surface area contributed by atoms with Gasteiger partial charge in [-0.05, 0) is 42.3 Å². The zero-order valence-corrected chi connectivity index (χ0v) is 18.8. The topological polar surface area (TPSA) is 57.0 Å². The van der Waals surface area contributed by atoms with Crippen molar-refractivity contribution in [2.75, 3.05) is 0 Å². The number of halogens is 1. The Kier molecular flexibility index (Phi) is 5.55. The Labute approximate surface area is 191 Å². The lowest BCUT2D eigenvalue weighted by Crippen LogP contribution is -2.21. The van der Waals surface area contributed by atoms with Gasteiger partial charge >= 0.3 is 0 Å². The van der Waals surface area contributed by atoms with Crippen LogP contribution in [0.5, 0.6) is 5.75 Å². The first-order valence-electron chi connectivity index (χ1n) is 9.94. The summed E-state index contributed by atoms with van der Waals surface area (Å²) in [5, 5.41) is 3.35. The second kappa shape index (κ2) is 8.64. The van der Waals surface area contributed by atoms with Crippen molar-refractivity contribution in [3.8, 4) is 16.2 Å². The van der Waals surface area contributed by atoms with Gasteiger partial charge in [-0.25, -0.2) is 14.4 Å². The van der Waals surface area contributed by atoms with Crippen LogP contribution in [0.1, 0.15) is 16.3 Å². The summed E-state index contributed by atoms with van der Waals surface area (Å²) < 4.78 is 20.3. The predicted molar refractivity (Wildman–Crippen MR) is 126 cm³/mol. The highest BCUT2D eigenvalue weighted by Gasteiger charge is 2.16. The van der Waals surface area contributed by atoms with Crippen molar-refractivity contribution in [3.05, 3.63) is 98.7 Å². The number of hydrogen-bond acceptors (Lipinski definition) is 6. The maximum Gasteiger partial charge on any atom is 0.262 e. The summed E-state index contributed by atoms with van der Waals surface area (Å²) >= 11 is 3.00. The van der Waals surface area contributed by atoms with E-state index in [1.54, 1.807) is 23.0 Å². The molecule has 32 heavy (non-hydrogen) atoms. The van der Waals surface area contributed by atoms with Gasteiger partial charge in [-0.2, -0.15) is 0 Å². The molecular formula is C24H18FN3O2S2. The van der Waals surface area contributed by atoms with Gasteiger partial charge in [0.25, 0.3) is 5.56 Å². The van der Waals surface area contributed by atoms with E-state index in [1.807, 2.05) is 42.6 Å². The number of thiazole rings is 1. The van der Waals surface area contributed by atoms with Crippen molar-refractivity contribution in [1.29, 1.82) is 0 Å². The summed E-state index contributed by atoms with van der Waals surface area (Å²) in [4.78, 5) is 24.1. The van der Waals surface area contributed by atoms with E-state index in [-0.39, 0.29) is 18.0 Å². The lowest BCUT2D eigenvalue weighted by atomic mass is 10.1. The predicted octanol–water partition coefficient (Wildman–Crippen LogP) is 5.66. The maximum absolute atomic E-state index is 13.2. The molecule has 0 saturated carbocycles. The Bertz CT molecular complexity index is 1440. The number of thiophene rings is 1. The highest BCUT2D eigenvalue weighted by atomic mass is 32.1. The van der Waals surface area contributed by atoms with E-state index in [9.17, 15) is 9.18 Å². The van der Waals surface area contributed by atoms with E-state index >= 15 is 0 Å². The SMILES string of the molecule is Cc1c(-c2ccccc2)sc2ncn(Cc3csc(COc4ccc(F)cc4)n3)c(=O)c12. The Balaban J connectivity index is 1.36. The van der Waals surface area contributed by atoms with Crippen molar-refractivity contribution in [2.24, 2.45) is 0 Å². The molecule has 0 aliphatic rings. The summed E-state index contributed by atoms with van der Waals surface area (Å²) in [5.74, 6) is 0.276. The van der Waals surface area contributed by atoms with Crippen molar-refractivity contribution in [2.45, 2.75) is 20.1 Å². The first kappa shape index (κ1) is 20.5. The van der Waals surface area contributed by atoms with Gasteiger partial charge in [0, 0.05) is 10.3 Å². The van der Waals surface area contributed by atoms with Crippen molar-refractivity contribution >= 4 is 32.9 Å². The highest BCUT2D eigenvalue weighted by molar-refractivity contribution is 7.22. The van der Waals surface area contributed by atoms with Crippen LogP contribution < -0.4 is 10.3 Å². The van der Waals surface area contributed by atoms with Crippen LogP contribution in [-0.4, -0.2) is 14.5 Å². The molecule has 3 heterocycles. The Morgan fingerprint density at radius 3 is 2.66 bits per heavy atom. The Morgan fingerprint density at radius 1 is 1.09 bits per heavy atom. The minimum atomic E-state index is -0.304. The maximum atomic E-state index is 13.2. The molecule has 5 aromatic rings. The summed E-state index contributed by atoms with van der Waals surface area (Å²) in [5.41, 5.74) is 2.74. The molecule has 160 valence electrons. The minimum absolute atomic E-state index is 0.0666. The third-order valence-electron chi connectivity index (χ3n) is 5.06. The zero-order chi connectivity index (χ0) is 22.1. The number of fused-ring (bicyclic) bond motifs is 1. The van der Waals surface area contributed by atoms with Gasteiger partial charge in [-0.1, -0.05) is 30.3 Å². The van der Waals surface area contributed by atoms with Gasteiger partial charge in [0.15, 0.2) is 0 Å². The summed E-state index contributed by atoms with van der Waals surface area (Å²) in [6, 6.07) is 15.9. The fraction of sp³-hybridized carbons (Fsp3) is 0.125. The van der Waals surface area contributed by atoms with Crippen LogP contribution in [0, 0.1) is 12.7 Å². The monoisotopic (exact) mass is 463 g/mol. The van der Waals surface area contributed by atoms with Gasteiger partial charge in [0.2, 0.25) is 0 Å². The fourth-order valence-electron chi connectivity index (χ4n) is 3.47. The molecule has 8 heteroatoms. The summed E-state index contributed by atoms with van der Waals surface area (Å²) in [6.45, 7) is 2.60. The molecule has 0 saturated heterocycles. The molecule has 0 radical (unpaired) electrons. The van der Waals surface area contributed by atoms with E-state index in [2.05, 4.69) is 9.97 Å². The fourth-order valence-corrected chi connectivity index (χ4v) is 5.32. The molecule has 0 aliphatic heterocycles. The number of aryl methyl sites for hydroxylation is 1. The highest BCUT2D eigenvalue weighted by Crippen LogP contribution is 2.35. The molecular weight excluding hydrogens is 445 g/mol. The second-order valence-corrected chi connectivity index (χ2v) is 9.20. The van der Waals surface area contributed by atoms with E-state index in [4.69, 9.17) is 4.74 Å². The van der Waals surface area contributed by atoms with Gasteiger partial charge in [0.1, 0.15) is 28.0 Å². The molecule has 0 bridgehead atoms. The average Bonchev–Trinajstić information content (AvgIpc) is 3.40. The minimum Gasteiger partial charge on any atom is -0.486 e. The van der Waals surface area contributed by atoms with Crippen molar-refractivity contribution in [1.82, 2.24) is 14.5 Å². The normalized spacial score (nSPS) is 11.2. The summed E-state index contributed by atoms with van der Waals surface area (Å²) in [6.07, 6.45) is 1.59. The van der Waals surface area contributed by atoms with Gasteiger partial charge < -0.3 is 4.74 Å². The lowest BCUT2D eigenvalue weighted by molar-refractivity contribution is 0.305. The third kappa shape index (κ3) is 4.06. The first-order chi connectivity index (χ1) is 15.6. The van der Waals surface area contributed by atoms with Gasteiger partial charge in [-0.3, -0.25) is 9.36 Å². The number of benzene rings is 2. The van der Waals surface area contributed by atoms with E-state index in [1.165, 1.54) is 34.8 Å². The number of aromatic nitrogens is 3. The number of rotatable bonds is 6. The molecule has 0 atom stereocenters. The van der Waals surface area contributed by atoms with Crippen LogP contribution >= 0.6 is 22.7 Å². The molecule has 2 aromatic carbocycles. The Morgan fingerprint density at radius 2 is 1.88 bits per heavy atom. The van der Waals surface area contributed by atoms with Crippen LogP contribution in [0.25, 0.3) is 20.7 Å². The van der Waals surface area contributed by atoms with E-state index in [0.29, 0.717) is 17.7 Å². The number of ether oxygens (including phenoxy) is 1. The van der Waals surface area contributed by atoms with Crippen LogP contribution in [0.3, 0.4) is 0 Å². The number of nitrogens with zero attached hydrogens (tertiary/aromatic N) is 3. The Hall–Kier alpha value is -3.36. The quantitative estimate of drug-likeness (QED) is 0.326. The van der Waals surface area contributed by atoms with Crippen molar-refractivity contribution in [3.63, 3.8) is 0 Å². The molecule has 5 nitrogen and oxygen atoms in total. The molecule has 0 N–H and O–H groups in total.